The molecule has 0 aliphatic heterocycles. The van der Waals surface area contributed by atoms with Gasteiger partial charge < -0.3 is 0 Å². The Hall–Kier alpha value is -0.260. The molecule has 0 aromatic carbocycles. The molecule has 5 rings (SSSR count). The summed E-state index contributed by atoms with van der Waals surface area (Å²) in [4.78, 5) is 0. The highest BCUT2D eigenvalue weighted by atomic mass is 14.6. The third-order valence-electron chi connectivity index (χ3n) is 5.42. The maximum absolute atomic E-state index is 2.49. The summed E-state index contributed by atoms with van der Waals surface area (Å²) in [6.45, 7) is 0. The van der Waals surface area contributed by atoms with Crippen LogP contribution in [0.25, 0.3) is 0 Å². The van der Waals surface area contributed by atoms with Gasteiger partial charge in [-0.1, -0.05) is 25.0 Å². The van der Waals surface area contributed by atoms with E-state index in [4.69, 9.17) is 0 Å². The van der Waals surface area contributed by atoms with Crippen molar-refractivity contribution in [3.8, 4) is 0 Å². The second-order valence-corrected chi connectivity index (χ2v) is 6.42. The van der Waals surface area contributed by atoms with E-state index in [0.717, 1.165) is 0 Å². The van der Waals surface area contributed by atoms with Crippen LogP contribution < -0.4 is 0 Å². The van der Waals surface area contributed by atoms with Gasteiger partial charge in [0.15, 0.2) is 0 Å². The molecule has 5 aliphatic carbocycles. The minimum Gasteiger partial charge on any atom is -0.0811 e. The van der Waals surface area contributed by atoms with Crippen LogP contribution in [0.1, 0.15) is 25.7 Å². The van der Waals surface area contributed by atoms with Crippen molar-refractivity contribution in [1.82, 2.24) is 0 Å². The molecule has 0 heterocycles. The minimum atomic E-state index is 0.325. The Morgan fingerprint density at radius 1 is 0.700 bits per heavy atom. The topological polar surface area (TPSA) is 0 Å². The Kier molecular flexibility index (Phi) is 2.69. The van der Waals surface area contributed by atoms with E-state index < -0.39 is 0 Å². The van der Waals surface area contributed by atoms with E-state index in [-0.39, 0.29) is 0 Å². The molecule has 4 saturated carbocycles. The first-order chi connectivity index (χ1) is 9.87. The van der Waals surface area contributed by atoms with Gasteiger partial charge in [-0.25, -0.2) is 0 Å². The number of allylic oxidation sites excluding steroid dienone is 2. The molecule has 0 aromatic rings. The molecule has 0 atom stereocenters. The van der Waals surface area contributed by atoms with Crippen LogP contribution in [0.15, 0.2) is 12.2 Å². The Labute approximate surface area is 124 Å². The van der Waals surface area contributed by atoms with E-state index in [1.54, 1.807) is 5.92 Å². The summed E-state index contributed by atoms with van der Waals surface area (Å²) < 4.78 is 0. The molecule has 97 valence electrons. The highest BCUT2D eigenvalue weighted by molar-refractivity contribution is 5.78. The molecule has 0 aromatic heterocycles. The van der Waals surface area contributed by atoms with E-state index in [9.17, 15) is 0 Å². The van der Waals surface area contributed by atoms with E-state index in [0.29, 0.717) is 5.41 Å². The molecule has 0 heteroatoms. The van der Waals surface area contributed by atoms with Crippen LogP contribution in [0.5, 0.6) is 0 Å². The first kappa shape index (κ1) is 12.3. The smallest absolute Gasteiger partial charge is 0.00903 e. The van der Waals surface area contributed by atoms with Gasteiger partial charge in [0.2, 0.25) is 0 Å². The fraction of sp³-hybridized carbons (Fsp3) is 0.250. The van der Waals surface area contributed by atoms with Gasteiger partial charge in [0.25, 0.3) is 0 Å². The second kappa shape index (κ2) is 4.37. The standard InChI is InChI=1S/C20H17/c1-2-12-20(11-1)13-10-16-7-6-14-4-3-5-15-8-9-17(20)19(16)18(14)15/h3-10,13H,1-2,11-12H2. The predicted octanol–water partition coefficient (Wildman–Crippen LogP) is 4.03. The minimum absolute atomic E-state index is 0.325. The quantitative estimate of drug-likeness (QED) is 0.614. The van der Waals surface area contributed by atoms with E-state index in [1.807, 2.05) is 0 Å². The van der Waals surface area contributed by atoms with Gasteiger partial charge in [-0.15, -0.1) is 0 Å². The van der Waals surface area contributed by atoms with E-state index in [2.05, 4.69) is 57.1 Å². The molecule has 0 amide bonds. The number of fused-ring (bicyclic) bond motifs is 1. The lowest BCUT2D eigenvalue weighted by Crippen LogP contribution is -2.48. The van der Waals surface area contributed by atoms with Gasteiger partial charge in [-0.2, -0.15) is 0 Å². The van der Waals surface area contributed by atoms with Crippen LogP contribution in [-0.4, -0.2) is 0 Å². The zero-order valence-corrected chi connectivity index (χ0v) is 11.5. The van der Waals surface area contributed by atoms with Crippen LogP contribution in [-0.2, 0) is 0 Å². The maximum Gasteiger partial charge on any atom is 0.00903 e. The molecule has 0 bridgehead atoms. The summed E-state index contributed by atoms with van der Waals surface area (Å²) in [5.74, 6) is 8.74. The summed E-state index contributed by atoms with van der Waals surface area (Å²) in [7, 11) is 0. The van der Waals surface area contributed by atoms with Crippen LogP contribution in [0, 0.1) is 85.9 Å². The molecule has 13 radical (unpaired) electrons. The number of hydrogen-bond acceptors (Lipinski definition) is 0. The highest BCUT2D eigenvalue weighted by Crippen LogP contribution is 2.68. The Morgan fingerprint density at radius 2 is 1.40 bits per heavy atom. The highest BCUT2D eigenvalue weighted by Gasteiger charge is 2.58. The van der Waals surface area contributed by atoms with Crippen LogP contribution in [0.4, 0.5) is 0 Å². The zero-order chi connectivity index (χ0) is 13.2. The SMILES string of the molecule is [CH]1[CH][C]2[CH][CH][C]3C=CC4(CCCC4)[C]4[CH][CH][C]([CH]1)[C]2[C]34. The lowest BCUT2D eigenvalue weighted by Gasteiger charge is -2.58. The zero-order valence-electron chi connectivity index (χ0n) is 11.5. The summed E-state index contributed by atoms with van der Waals surface area (Å²) in [5.41, 5.74) is 0.325. The second-order valence-electron chi connectivity index (χ2n) is 6.42. The Morgan fingerprint density at radius 3 is 2.20 bits per heavy atom. The Balaban J connectivity index is 1.56. The maximum atomic E-state index is 2.49. The third kappa shape index (κ3) is 1.54. The van der Waals surface area contributed by atoms with Gasteiger partial charge >= 0.3 is 0 Å². The average Bonchev–Trinajstić information content (AvgIpc) is 2.96. The normalized spacial score (nSPS) is 35.8. The first-order valence-electron chi connectivity index (χ1n) is 7.68. The first-order valence-corrected chi connectivity index (χ1v) is 7.68. The van der Waals surface area contributed by atoms with E-state index >= 15 is 0 Å². The van der Waals surface area contributed by atoms with Crippen molar-refractivity contribution in [2.24, 2.45) is 5.41 Å². The van der Waals surface area contributed by atoms with Crippen molar-refractivity contribution in [1.29, 1.82) is 0 Å². The van der Waals surface area contributed by atoms with Gasteiger partial charge in [0.05, 0.1) is 0 Å². The van der Waals surface area contributed by atoms with E-state index in [1.165, 1.54) is 55.3 Å². The average molecular weight is 257 g/mol. The molecule has 1 spiro atoms. The molecule has 0 unspecified atom stereocenters. The molecular weight excluding hydrogens is 240 g/mol. The fourth-order valence-corrected chi connectivity index (χ4v) is 4.44. The Bertz CT molecular complexity index is 408. The van der Waals surface area contributed by atoms with Crippen molar-refractivity contribution in [2.45, 2.75) is 25.7 Å². The van der Waals surface area contributed by atoms with Crippen LogP contribution in [0.2, 0.25) is 0 Å². The number of rotatable bonds is 0. The molecule has 0 N–H and O–H groups in total. The van der Waals surface area contributed by atoms with Crippen molar-refractivity contribution < 1.29 is 0 Å². The monoisotopic (exact) mass is 257 g/mol. The van der Waals surface area contributed by atoms with Crippen molar-refractivity contribution >= 4 is 0 Å². The van der Waals surface area contributed by atoms with Gasteiger partial charge in [-0.05, 0) is 86.9 Å². The molecular formula is C20H17. The summed E-state index contributed by atoms with van der Waals surface area (Å²) >= 11 is 0. The summed E-state index contributed by atoms with van der Waals surface area (Å²) in [6, 6.07) is 0. The van der Waals surface area contributed by atoms with Gasteiger partial charge in [0, 0.05) is 11.8 Å². The van der Waals surface area contributed by atoms with Gasteiger partial charge in [-0.3, -0.25) is 0 Å². The molecule has 0 nitrogen and oxygen atoms in total. The lowest BCUT2D eigenvalue weighted by atomic mass is 9.45. The van der Waals surface area contributed by atoms with Crippen LogP contribution in [0.3, 0.4) is 0 Å². The van der Waals surface area contributed by atoms with Gasteiger partial charge in [0.1, 0.15) is 0 Å². The summed E-state index contributed by atoms with van der Waals surface area (Å²) in [5, 5.41) is 0. The molecule has 20 heavy (non-hydrogen) atoms. The molecule has 5 aliphatic rings. The molecule has 4 fully saturated rings. The third-order valence-corrected chi connectivity index (χ3v) is 5.42. The van der Waals surface area contributed by atoms with Crippen molar-refractivity contribution in [2.75, 3.05) is 0 Å². The van der Waals surface area contributed by atoms with Crippen LogP contribution >= 0.6 is 0 Å². The van der Waals surface area contributed by atoms with Crippen molar-refractivity contribution in [3.05, 3.63) is 92.6 Å². The lowest BCUT2D eigenvalue weighted by molar-refractivity contribution is 0.399. The number of hydrogen-bond donors (Lipinski definition) is 0. The largest absolute Gasteiger partial charge is 0.0811 e. The predicted molar refractivity (Wildman–Crippen MR) is 79.6 cm³/mol. The van der Waals surface area contributed by atoms with Crippen molar-refractivity contribution in [3.63, 3.8) is 0 Å². The fourth-order valence-electron chi connectivity index (χ4n) is 4.44. The summed E-state index contributed by atoms with van der Waals surface area (Å²) in [6.07, 6.45) is 26.2. The molecule has 0 saturated heterocycles.